The first kappa shape index (κ1) is 15.4. The number of halogens is 1. The topological polar surface area (TPSA) is 102 Å². The minimum atomic E-state index is 0.189. The van der Waals surface area contributed by atoms with E-state index in [1.807, 2.05) is 37.3 Å². The quantitative estimate of drug-likeness (QED) is 0.590. The summed E-state index contributed by atoms with van der Waals surface area (Å²) in [7, 11) is 0. The number of nitrogens with two attached hydrogens (primary N) is 1. The Bertz CT molecular complexity index is 805. The predicted octanol–water partition coefficient (Wildman–Crippen LogP) is 2.90. The van der Waals surface area contributed by atoms with E-state index in [0.717, 1.165) is 27.2 Å². The summed E-state index contributed by atoms with van der Waals surface area (Å²) in [4.78, 5) is 12.6. The number of hydrazine groups is 1. The van der Waals surface area contributed by atoms with Crippen LogP contribution < -0.4 is 16.6 Å². The molecule has 1 aromatic carbocycles. The molecule has 23 heavy (non-hydrogen) atoms. The van der Waals surface area contributed by atoms with E-state index in [9.17, 15) is 0 Å². The molecule has 0 aliphatic carbocycles. The van der Waals surface area contributed by atoms with Crippen molar-refractivity contribution < 1.29 is 4.42 Å². The molecule has 0 fully saturated rings. The molecule has 7 nitrogen and oxygen atoms in total. The molecule has 0 aliphatic heterocycles. The Morgan fingerprint density at radius 1 is 1.22 bits per heavy atom. The zero-order valence-electron chi connectivity index (χ0n) is 12.4. The Morgan fingerprint density at radius 3 is 2.70 bits per heavy atom. The maximum Gasteiger partial charge on any atom is 0.222 e. The van der Waals surface area contributed by atoms with Crippen LogP contribution in [0.2, 0.25) is 0 Å². The van der Waals surface area contributed by atoms with Crippen molar-refractivity contribution in [2.75, 3.05) is 11.2 Å². The van der Waals surface area contributed by atoms with E-state index in [4.69, 9.17) is 10.2 Å². The van der Waals surface area contributed by atoms with Gasteiger partial charge in [-0.25, -0.2) is 15.4 Å². The maximum absolute atomic E-state index is 5.82. The smallest absolute Gasteiger partial charge is 0.222 e. The third-order valence-corrected chi connectivity index (χ3v) is 3.97. The predicted molar refractivity (Wildman–Crippen MR) is 91.3 cm³/mol. The van der Waals surface area contributed by atoms with Crippen LogP contribution >= 0.6 is 15.9 Å². The molecule has 118 valence electrons. The number of aromatic nitrogens is 3. The van der Waals surface area contributed by atoms with Crippen molar-refractivity contribution in [1.82, 2.24) is 20.4 Å². The van der Waals surface area contributed by atoms with E-state index in [1.54, 1.807) is 0 Å². The van der Waals surface area contributed by atoms with E-state index in [0.29, 0.717) is 12.4 Å². The molecule has 8 heteroatoms. The molecule has 0 unspecified atom stereocenters. The number of hydrogen-bond acceptors (Lipinski definition) is 7. The molecular weight excluding hydrogens is 360 g/mol. The Hall–Kier alpha value is -2.45. The molecule has 3 aromatic rings. The van der Waals surface area contributed by atoms with E-state index in [-0.39, 0.29) is 5.95 Å². The lowest BCUT2D eigenvalue weighted by molar-refractivity contribution is 0.523. The Labute approximate surface area is 141 Å². The van der Waals surface area contributed by atoms with Gasteiger partial charge in [-0.1, -0.05) is 30.3 Å². The van der Waals surface area contributed by atoms with Gasteiger partial charge in [0.05, 0.1) is 22.4 Å². The van der Waals surface area contributed by atoms with Gasteiger partial charge >= 0.3 is 0 Å². The van der Waals surface area contributed by atoms with Crippen molar-refractivity contribution in [2.24, 2.45) is 0 Å². The van der Waals surface area contributed by atoms with Crippen LogP contribution in [0.4, 0.5) is 11.8 Å². The van der Waals surface area contributed by atoms with Crippen LogP contribution in [-0.4, -0.2) is 15.0 Å². The number of aryl methyl sites for hydroxylation is 1. The van der Waals surface area contributed by atoms with Crippen LogP contribution in [0.3, 0.4) is 0 Å². The first-order chi connectivity index (χ1) is 11.1. The first-order valence-electron chi connectivity index (χ1n) is 6.91. The fraction of sp³-hybridized carbons (Fsp3) is 0.133. The number of hydrogen-bond donors (Lipinski definition) is 3. The van der Waals surface area contributed by atoms with Crippen molar-refractivity contribution in [1.29, 1.82) is 0 Å². The van der Waals surface area contributed by atoms with Crippen LogP contribution in [0.1, 0.15) is 11.5 Å². The van der Waals surface area contributed by atoms with E-state index >= 15 is 0 Å². The molecule has 3 rings (SSSR count). The molecule has 4 N–H and O–H groups in total. The number of nitrogens with one attached hydrogen (secondary N) is 2. The highest BCUT2D eigenvalue weighted by Crippen LogP contribution is 2.31. The normalized spacial score (nSPS) is 10.7. The molecule has 0 aliphatic rings. The van der Waals surface area contributed by atoms with Gasteiger partial charge in [-0.3, -0.25) is 0 Å². The summed E-state index contributed by atoms with van der Waals surface area (Å²) in [5.74, 6) is 1.51. The lowest BCUT2D eigenvalue weighted by atomic mass is 10.1. The third-order valence-electron chi connectivity index (χ3n) is 3.22. The van der Waals surface area contributed by atoms with Crippen molar-refractivity contribution in [2.45, 2.75) is 13.5 Å². The van der Waals surface area contributed by atoms with Gasteiger partial charge < -0.3 is 15.6 Å². The second-order valence-electron chi connectivity index (χ2n) is 4.79. The van der Waals surface area contributed by atoms with Crippen molar-refractivity contribution in [3.8, 4) is 11.3 Å². The van der Waals surface area contributed by atoms with Gasteiger partial charge in [0.15, 0.2) is 12.2 Å². The Morgan fingerprint density at radius 2 is 2.00 bits per heavy atom. The summed E-state index contributed by atoms with van der Waals surface area (Å²) in [5.41, 5.74) is 14.4. The molecule has 0 saturated heterocycles. The van der Waals surface area contributed by atoms with Crippen molar-refractivity contribution in [3.63, 3.8) is 0 Å². The molecule has 0 bridgehead atoms. The highest BCUT2D eigenvalue weighted by molar-refractivity contribution is 9.10. The molecule has 0 amide bonds. The summed E-state index contributed by atoms with van der Waals surface area (Å²) < 4.78 is 5.88. The highest BCUT2D eigenvalue weighted by atomic mass is 79.9. The van der Waals surface area contributed by atoms with Gasteiger partial charge in [-0.05, 0) is 22.9 Å². The molecule has 0 saturated carbocycles. The van der Waals surface area contributed by atoms with Crippen LogP contribution in [0, 0.1) is 6.92 Å². The van der Waals surface area contributed by atoms with Gasteiger partial charge in [0.1, 0.15) is 5.76 Å². The number of anilines is 2. The fourth-order valence-corrected chi connectivity index (χ4v) is 2.55. The summed E-state index contributed by atoms with van der Waals surface area (Å²) >= 11 is 3.53. The third kappa shape index (κ3) is 3.49. The summed E-state index contributed by atoms with van der Waals surface area (Å²) in [6.07, 6.45) is 1.42. The van der Waals surface area contributed by atoms with Gasteiger partial charge in [0.25, 0.3) is 0 Å². The van der Waals surface area contributed by atoms with Gasteiger partial charge in [-0.15, -0.1) is 0 Å². The average molecular weight is 375 g/mol. The van der Waals surface area contributed by atoms with E-state index < -0.39 is 0 Å². The van der Waals surface area contributed by atoms with Gasteiger partial charge in [-0.2, -0.15) is 4.98 Å². The minimum absolute atomic E-state index is 0.189. The Balaban J connectivity index is 1.80. The van der Waals surface area contributed by atoms with E-state index in [2.05, 4.69) is 41.7 Å². The lowest BCUT2D eigenvalue weighted by Crippen LogP contribution is -2.23. The van der Waals surface area contributed by atoms with Gasteiger partial charge in [0, 0.05) is 5.56 Å². The van der Waals surface area contributed by atoms with E-state index in [1.165, 1.54) is 6.39 Å². The fourth-order valence-electron chi connectivity index (χ4n) is 2.04. The van der Waals surface area contributed by atoms with Crippen LogP contribution in [0.5, 0.6) is 0 Å². The van der Waals surface area contributed by atoms with Crippen LogP contribution in [-0.2, 0) is 6.54 Å². The number of rotatable bonds is 5. The SMILES string of the molecule is Cc1ocnc1CNNc1nc(N)nc(-c2ccccc2)c1Br. The monoisotopic (exact) mass is 374 g/mol. The number of nitrogen functional groups attached to an aromatic ring is 1. The summed E-state index contributed by atoms with van der Waals surface area (Å²) in [6.45, 7) is 2.34. The summed E-state index contributed by atoms with van der Waals surface area (Å²) in [5, 5.41) is 0. The van der Waals surface area contributed by atoms with Crippen LogP contribution in [0.15, 0.2) is 45.6 Å². The molecule has 0 radical (unpaired) electrons. The zero-order chi connectivity index (χ0) is 16.2. The summed E-state index contributed by atoms with van der Waals surface area (Å²) in [6, 6.07) is 9.76. The van der Waals surface area contributed by atoms with Crippen molar-refractivity contribution in [3.05, 3.63) is 52.7 Å². The number of nitrogens with zero attached hydrogens (tertiary/aromatic N) is 3. The highest BCUT2D eigenvalue weighted by Gasteiger charge is 2.13. The second-order valence-corrected chi connectivity index (χ2v) is 5.59. The largest absolute Gasteiger partial charge is 0.448 e. The molecule has 2 heterocycles. The van der Waals surface area contributed by atoms with Crippen LogP contribution in [0.25, 0.3) is 11.3 Å². The minimum Gasteiger partial charge on any atom is -0.448 e. The average Bonchev–Trinajstić information content (AvgIpc) is 2.96. The Kier molecular flexibility index (Phi) is 4.54. The standard InChI is InChI=1S/C15H15BrN6O/c1-9-11(18-8-23-9)7-19-22-14-12(16)13(20-15(17)21-14)10-5-3-2-4-6-10/h2-6,8,19H,7H2,1H3,(H3,17,20,21,22). The number of benzene rings is 1. The first-order valence-corrected chi connectivity index (χ1v) is 7.70. The molecule has 2 aromatic heterocycles. The molecular formula is C15H15BrN6O. The lowest BCUT2D eigenvalue weighted by Gasteiger charge is -2.12. The zero-order valence-corrected chi connectivity index (χ0v) is 14.0. The molecule has 0 spiro atoms. The number of oxazole rings is 1. The van der Waals surface area contributed by atoms with Crippen molar-refractivity contribution >= 4 is 27.7 Å². The molecule has 0 atom stereocenters. The second kappa shape index (κ2) is 6.76. The van der Waals surface area contributed by atoms with Gasteiger partial charge in [0.2, 0.25) is 5.95 Å². The maximum atomic E-state index is 5.82.